The van der Waals surface area contributed by atoms with Crippen LogP contribution in [-0.4, -0.2) is 101 Å². The Morgan fingerprint density at radius 2 is 1.96 bits per heavy atom. The summed E-state index contributed by atoms with van der Waals surface area (Å²) < 4.78 is 24.4. The maximum Gasteiger partial charge on any atom is 0.416 e. The Balaban J connectivity index is 1.60. The third-order valence-corrected chi connectivity index (χ3v) is 7.98. The number of likely N-dealkylation sites (tertiary alicyclic amines) is 1. The average Bonchev–Trinajstić information content (AvgIpc) is 3.45. The number of methoxy groups -OCH3 is 1. The van der Waals surface area contributed by atoms with E-state index in [-0.39, 0.29) is 84.9 Å². The predicted octanol–water partition coefficient (Wildman–Crippen LogP) is 3.57. The maximum absolute atomic E-state index is 14.1. The van der Waals surface area contributed by atoms with E-state index >= 15 is 0 Å². The quantitative estimate of drug-likeness (QED) is 0.200. The van der Waals surface area contributed by atoms with Gasteiger partial charge in [0, 0.05) is 38.9 Å². The van der Waals surface area contributed by atoms with Gasteiger partial charge in [0.15, 0.2) is 17.3 Å². The van der Waals surface area contributed by atoms with E-state index in [1.54, 1.807) is 11.0 Å². The number of ether oxygens (including phenoxy) is 4. The van der Waals surface area contributed by atoms with Crippen molar-refractivity contribution in [2.45, 2.75) is 63.6 Å². The fourth-order valence-electron chi connectivity index (χ4n) is 5.65. The minimum Gasteiger partial charge on any atom is -0.493 e. The first-order chi connectivity index (χ1) is 22.7. The summed E-state index contributed by atoms with van der Waals surface area (Å²) in [5.74, 6) is -1.60. The van der Waals surface area contributed by atoms with Crippen LogP contribution >= 0.6 is 0 Å². The summed E-state index contributed by atoms with van der Waals surface area (Å²) in [6.45, 7) is 4.32. The lowest BCUT2D eigenvalue weighted by atomic mass is 10.00. The number of nitrogens with one attached hydrogen (secondary N) is 1. The lowest BCUT2D eigenvalue weighted by Gasteiger charge is -2.37. The van der Waals surface area contributed by atoms with E-state index in [1.807, 2.05) is 0 Å². The highest BCUT2D eigenvalue weighted by atomic mass is 16.6. The molecule has 3 N–H and O–H groups in total. The van der Waals surface area contributed by atoms with Crippen LogP contribution in [0.3, 0.4) is 0 Å². The molecule has 4 rings (SSSR count). The fraction of sp³-hybridized carbons (Fsp3) is 0.531. The summed E-state index contributed by atoms with van der Waals surface area (Å²) in [6.07, 6.45) is 6.19. The number of aryl methyl sites for hydroxylation is 1. The first-order valence-corrected chi connectivity index (χ1v) is 15.7. The molecule has 2 unspecified atom stereocenters. The molecule has 0 bridgehead atoms. The average molecular weight is 658 g/mol. The summed E-state index contributed by atoms with van der Waals surface area (Å²) in [4.78, 5) is 58.3. The van der Waals surface area contributed by atoms with E-state index in [0.717, 1.165) is 25.7 Å². The SMILES string of the molecule is C=CCOC(=O)N(c1cc(OCCCC(=O)Nc2cn(C)c(C(=O)O)n2)c(OC)cc1C(=O)N1CCCCC1CO)C1CCCCO1. The van der Waals surface area contributed by atoms with E-state index in [2.05, 4.69) is 16.9 Å². The largest absolute Gasteiger partial charge is 0.493 e. The Labute approximate surface area is 273 Å². The van der Waals surface area contributed by atoms with Gasteiger partial charge >= 0.3 is 12.1 Å². The first-order valence-electron chi connectivity index (χ1n) is 15.7. The van der Waals surface area contributed by atoms with Crippen LogP contribution in [0.2, 0.25) is 0 Å². The van der Waals surface area contributed by atoms with Crippen LogP contribution in [0.5, 0.6) is 11.5 Å². The van der Waals surface area contributed by atoms with E-state index in [9.17, 15) is 29.4 Å². The van der Waals surface area contributed by atoms with Gasteiger partial charge in [-0.3, -0.25) is 14.5 Å². The second-order valence-corrected chi connectivity index (χ2v) is 11.3. The Morgan fingerprint density at radius 1 is 1.17 bits per heavy atom. The van der Waals surface area contributed by atoms with Crippen molar-refractivity contribution < 1.29 is 48.3 Å². The third-order valence-electron chi connectivity index (χ3n) is 7.98. The molecule has 0 saturated carbocycles. The van der Waals surface area contributed by atoms with E-state index < -0.39 is 18.3 Å². The van der Waals surface area contributed by atoms with Crippen LogP contribution in [0.1, 0.15) is 72.3 Å². The zero-order valence-corrected chi connectivity index (χ0v) is 26.8. The molecule has 1 aromatic carbocycles. The van der Waals surface area contributed by atoms with E-state index in [1.165, 1.54) is 42.0 Å². The number of carbonyl (C=O) groups excluding carboxylic acids is 3. The standard InChI is InChI=1S/C32H43N5O10/c1-4-14-47-32(43)37(28-12-6-8-15-46-28)23-18-25(24(44-3)17-22(23)30(40)36-13-7-5-10-21(36)20-38)45-16-9-11-27(39)33-26-19-35(2)29(34-26)31(41)42/h4,17-19,21,28,38H,1,5-16,20H2,2-3H3,(H,33,39)(H,41,42). The summed E-state index contributed by atoms with van der Waals surface area (Å²) >= 11 is 0. The number of carboxylic acids is 1. The minimum atomic E-state index is -1.21. The van der Waals surface area contributed by atoms with Crippen molar-refractivity contribution in [3.63, 3.8) is 0 Å². The first kappa shape index (κ1) is 35.2. The molecule has 2 fully saturated rings. The fourth-order valence-corrected chi connectivity index (χ4v) is 5.65. The molecule has 15 nitrogen and oxygen atoms in total. The molecular formula is C32H43N5O10. The molecule has 2 saturated heterocycles. The lowest BCUT2D eigenvalue weighted by molar-refractivity contribution is -0.116. The summed E-state index contributed by atoms with van der Waals surface area (Å²) in [5.41, 5.74) is 0.367. The van der Waals surface area contributed by atoms with Crippen molar-refractivity contribution in [3.8, 4) is 11.5 Å². The Kier molecular flexibility index (Phi) is 12.6. The van der Waals surface area contributed by atoms with Crippen LogP contribution in [0, 0.1) is 0 Å². The number of aromatic nitrogens is 2. The van der Waals surface area contributed by atoms with Gasteiger partial charge in [-0.1, -0.05) is 12.7 Å². The highest BCUT2D eigenvalue weighted by molar-refractivity contribution is 6.04. The molecule has 2 aliphatic heterocycles. The van der Waals surface area contributed by atoms with Crippen LogP contribution < -0.4 is 19.7 Å². The molecule has 3 amide bonds. The molecule has 2 aromatic rings. The number of hydrogen-bond acceptors (Lipinski definition) is 10. The Hall–Kier alpha value is -4.63. The number of carboxylic acid groups (broad SMARTS) is 1. The van der Waals surface area contributed by atoms with Gasteiger partial charge in [-0.05, 0) is 51.0 Å². The molecule has 2 aliphatic rings. The van der Waals surface area contributed by atoms with Crippen molar-refractivity contribution in [2.75, 3.05) is 50.3 Å². The van der Waals surface area contributed by atoms with Crippen molar-refractivity contribution >= 4 is 35.4 Å². The number of aromatic carboxylic acids is 1. The Morgan fingerprint density at radius 3 is 2.62 bits per heavy atom. The van der Waals surface area contributed by atoms with Crippen LogP contribution in [-0.2, 0) is 21.3 Å². The predicted molar refractivity (Wildman–Crippen MR) is 170 cm³/mol. The van der Waals surface area contributed by atoms with Gasteiger partial charge in [0.1, 0.15) is 12.8 Å². The lowest BCUT2D eigenvalue weighted by Crippen LogP contribution is -2.48. The van der Waals surface area contributed by atoms with Crippen molar-refractivity contribution in [1.29, 1.82) is 0 Å². The van der Waals surface area contributed by atoms with Gasteiger partial charge in [0.2, 0.25) is 11.7 Å². The molecule has 256 valence electrons. The molecule has 47 heavy (non-hydrogen) atoms. The topological polar surface area (TPSA) is 182 Å². The second-order valence-electron chi connectivity index (χ2n) is 11.3. The van der Waals surface area contributed by atoms with Crippen molar-refractivity contribution in [3.05, 3.63) is 42.4 Å². The van der Waals surface area contributed by atoms with Gasteiger partial charge in [-0.15, -0.1) is 0 Å². The third kappa shape index (κ3) is 8.80. The molecule has 0 radical (unpaired) electrons. The van der Waals surface area contributed by atoms with Crippen LogP contribution in [0.25, 0.3) is 0 Å². The summed E-state index contributed by atoms with van der Waals surface area (Å²) in [5, 5.41) is 21.8. The number of amides is 3. The monoisotopic (exact) mass is 657 g/mol. The van der Waals surface area contributed by atoms with Gasteiger partial charge in [-0.25, -0.2) is 14.6 Å². The second kappa shape index (κ2) is 16.8. The number of rotatable bonds is 14. The zero-order valence-electron chi connectivity index (χ0n) is 26.8. The number of imidazole rings is 1. The number of nitrogens with zero attached hydrogens (tertiary/aromatic N) is 4. The highest BCUT2D eigenvalue weighted by Gasteiger charge is 2.36. The van der Waals surface area contributed by atoms with Crippen molar-refractivity contribution in [2.24, 2.45) is 7.05 Å². The summed E-state index contributed by atoms with van der Waals surface area (Å²) in [6, 6.07) is 2.69. The van der Waals surface area contributed by atoms with Crippen LogP contribution in [0.15, 0.2) is 31.0 Å². The summed E-state index contributed by atoms with van der Waals surface area (Å²) in [7, 11) is 2.94. The molecule has 2 atom stereocenters. The van der Waals surface area contributed by atoms with Gasteiger partial charge < -0.3 is 43.9 Å². The molecule has 0 aliphatic carbocycles. The highest BCUT2D eigenvalue weighted by Crippen LogP contribution is 2.39. The number of carbonyl (C=O) groups is 4. The van der Waals surface area contributed by atoms with E-state index in [4.69, 9.17) is 18.9 Å². The maximum atomic E-state index is 14.1. The van der Waals surface area contributed by atoms with Gasteiger partial charge in [-0.2, -0.15) is 0 Å². The number of aliphatic hydroxyl groups excluding tert-OH is 1. The number of anilines is 2. The molecule has 15 heteroatoms. The number of aliphatic hydroxyl groups is 1. The zero-order chi connectivity index (χ0) is 33.9. The van der Waals surface area contributed by atoms with Gasteiger partial charge in [0.05, 0.1) is 37.6 Å². The van der Waals surface area contributed by atoms with Gasteiger partial charge in [0.25, 0.3) is 5.91 Å². The smallest absolute Gasteiger partial charge is 0.416 e. The number of piperidine rings is 1. The minimum absolute atomic E-state index is 0.0398. The van der Waals surface area contributed by atoms with E-state index in [0.29, 0.717) is 26.0 Å². The normalized spacial score (nSPS) is 17.8. The van der Waals surface area contributed by atoms with Crippen molar-refractivity contribution in [1.82, 2.24) is 14.5 Å². The molecule has 1 aromatic heterocycles. The molecule has 3 heterocycles. The Bertz CT molecular complexity index is 1440. The molecular weight excluding hydrogens is 614 g/mol. The number of benzene rings is 1. The molecule has 0 spiro atoms. The van der Waals surface area contributed by atoms with Crippen LogP contribution in [0.4, 0.5) is 16.3 Å². The number of hydrogen-bond donors (Lipinski definition) is 3.